The predicted molar refractivity (Wildman–Crippen MR) is 99.7 cm³/mol. The van der Waals surface area contributed by atoms with Crippen LogP contribution in [0.15, 0.2) is 23.1 Å². The van der Waals surface area contributed by atoms with E-state index in [2.05, 4.69) is 10.0 Å². The van der Waals surface area contributed by atoms with E-state index in [-0.39, 0.29) is 15.5 Å². The van der Waals surface area contributed by atoms with Gasteiger partial charge in [0.05, 0.1) is 10.6 Å². The molecule has 146 valence electrons. The van der Waals surface area contributed by atoms with Crippen molar-refractivity contribution >= 4 is 33.5 Å². The number of carbonyl (C=O) groups is 2. The van der Waals surface area contributed by atoms with Gasteiger partial charge in [0.2, 0.25) is 10.0 Å². The molecule has 1 rings (SSSR count). The highest BCUT2D eigenvalue weighted by Crippen LogP contribution is 2.24. The summed E-state index contributed by atoms with van der Waals surface area (Å²) in [5.74, 6) is -1.28. The van der Waals surface area contributed by atoms with Crippen LogP contribution in [-0.2, 0) is 19.6 Å². The molecule has 0 atom stereocenters. The summed E-state index contributed by atoms with van der Waals surface area (Å²) in [4.78, 5) is 23.6. The zero-order valence-corrected chi connectivity index (χ0v) is 17.3. The van der Waals surface area contributed by atoms with E-state index in [1.807, 2.05) is 0 Å². The van der Waals surface area contributed by atoms with Crippen LogP contribution in [0.4, 0.5) is 0 Å². The van der Waals surface area contributed by atoms with Gasteiger partial charge in [0, 0.05) is 11.1 Å². The number of sulfonamides is 1. The van der Waals surface area contributed by atoms with Gasteiger partial charge in [0.15, 0.2) is 6.61 Å². The Balaban J connectivity index is 2.96. The Bertz CT molecular complexity index is 792. The lowest BCUT2D eigenvalue weighted by atomic mass is 10.1. The molecule has 2 N–H and O–H groups in total. The summed E-state index contributed by atoms with van der Waals surface area (Å²) >= 11 is 5.98. The fraction of sp³-hybridized carbons (Fsp3) is 0.529. The predicted octanol–water partition coefficient (Wildman–Crippen LogP) is 2.49. The Morgan fingerprint density at radius 1 is 1.08 bits per heavy atom. The first-order valence-electron chi connectivity index (χ1n) is 7.92. The van der Waals surface area contributed by atoms with Gasteiger partial charge in [-0.25, -0.2) is 17.9 Å². The Hall–Kier alpha value is -1.64. The molecule has 9 heteroatoms. The maximum absolute atomic E-state index is 12.5. The van der Waals surface area contributed by atoms with Crippen molar-refractivity contribution in [1.29, 1.82) is 0 Å². The minimum Gasteiger partial charge on any atom is -0.452 e. The SMILES string of the molecule is CC(C)(C)NC(=O)COC(=O)c1ccc(Cl)c(S(=O)(=O)NC(C)(C)C)c1. The topological polar surface area (TPSA) is 102 Å². The van der Waals surface area contributed by atoms with Gasteiger partial charge in [-0.2, -0.15) is 0 Å². The molecular formula is C17H25ClN2O5S. The third-order valence-electron chi connectivity index (χ3n) is 2.75. The van der Waals surface area contributed by atoms with E-state index in [0.717, 1.165) is 6.07 Å². The summed E-state index contributed by atoms with van der Waals surface area (Å²) in [7, 11) is -3.93. The highest BCUT2D eigenvalue weighted by molar-refractivity contribution is 7.89. The molecule has 0 fully saturated rings. The lowest BCUT2D eigenvalue weighted by Gasteiger charge is -2.21. The first-order chi connectivity index (χ1) is 11.6. The molecule has 26 heavy (non-hydrogen) atoms. The summed E-state index contributed by atoms with van der Waals surface area (Å²) < 4.78 is 32.3. The van der Waals surface area contributed by atoms with Crippen LogP contribution in [0.25, 0.3) is 0 Å². The number of hydrogen-bond acceptors (Lipinski definition) is 5. The fourth-order valence-electron chi connectivity index (χ4n) is 1.96. The molecule has 0 bridgehead atoms. The quantitative estimate of drug-likeness (QED) is 0.734. The number of rotatable bonds is 5. The first-order valence-corrected chi connectivity index (χ1v) is 9.78. The van der Waals surface area contributed by atoms with Gasteiger partial charge in [-0.3, -0.25) is 4.79 Å². The van der Waals surface area contributed by atoms with Crippen molar-refractivity contribution in [3.63, 3.8) is 0 Å². The highest BCUT2D eigenvalue weighted by Gasteiger charge is 2.26. The maximum atomic E-state index is 12.5. The smallest absolute Gasteiger partial charge is 0.338 e. The number of ether oxygens (including phenoxy) is 1. The first kappa shape index (κ1) is 22.4. The second-order valence-electron chi connectivity index (χ2n) is 7.88. The van der Waals surface area contributed by atoms with Crippen LogP contribution in [0.5, 0.6) is 0 Å². The zero-order chi connectivity index (χ0) is 20.3. The zero-order valence-electron chi connectivity index (χ0n) is 15.8. The number of hydrogen-bond donors (Lipinski definition) is 2. The van der Waals surface area contributed by atoms with Gasteiger partial charge in [-0.15, -0.1) is 0 Å². The Morgan fingerprint density at radius 2 is 1.65 bits per heavy atom. The molecule has 7 nitrogen and oxygen atoms in total. The van der Waals surface area contributed by atoms with Gasteiger partial charge in [0.1, 0.15) is 4.90 Å². The van der Waals surface area contributed by atoms with Crippen molar-refractivity contribution in [1.82, 2.24) is 10.0 Å². The Labute approximate surface area is 159 Å². The van der Waals surface area contributed by atoms with E-state index >= 15 is 0 Å². The standard InChI is InChI=1S/C17H25ClN2O5S/c1-16(2,3)19-14(21)10-25-15(22)11-7-8-12(18)13(9-11)26(23,24)20-17(4,5)6/h7-9,20H,10H2,1-6H3,(H,19,21). The van der Waals surface area contributed by atoms with E-state index in [0.29, 0.717) is 0 Å². The van der Waals surface area contributed by atoms with Crippen LogP contribution in [-0.4, -0.2) is 38.0 Å². The number of amides is 1. The van der Waals surface area contributed by atoms with E-state index in [1.165, 1.54) is 12.1 Å². The van der Waals surface area contributed by atoms with Crippen molar-refractivity contribution in [2.45, 2.75) is 57.5 Å². The Kier molecular flexibility index (Phi) is 6.84. The number of esters is 1. The van der Waals surface area contributed by atoms with E-state index < -0.39 is 39.6 Å². The molecule has 0 aliphatic rings. The van der Waals surface area contributed by atoms with Gasteiger partial charge in [0.25, 0.3) is 5.91 Å². The lowest BCUT2D eigenvalue weighted by molar-refractivity contribution is -0.125. The maximum Gasteiger partial charge on any atom is 0.338 e. The molecule has 0 spiro atoms. The highest BCUT2D eigenvalue weighted by atomic mass is 35.5. The van der Waals surface area contributed by atoms with Crippen LogP contribution in [0.2, 0.25) is 5.02 Å². The molecule has 0 saturated heterocycles. The third-order valence-corrected chi connectivity index (χ3v) is 4.99. The number of carbonyl (C=O) groups excluding carboxylic acids is 2. The molecule has 0 aliphatic heterocycles. The van der Waals surface area contributed by atoms with Crippen molar-refractivity contribution < 1.29 is 22.7 Å². The minimum absolute atomic E-state index is 0.0211. The summed E-state index contributed by atoms with van der Waals surface area (Å²) in [5, 5.41) is 2.63. The summed E-state index contributed by atoms with van der Waals surface area (Å²) in [5.41, 5.74) is -1.19. The largest absolute Gasteiger partial charge is 0.452 e. The molecule has 1 amide bonds. The van der Waals surface area contributed by atoms with Crippen LogP contribution in [0.3, 0.4) is 0 Å². The molecule has 0 aromatic heterocycles. The molecule has 0 unspecified atom stereocenters. The van der Waals surface area contributed by atoms with Gasteiger partial charge >= 0.3 is 5.97 Å². The fourth-order valence-corrected chi connectivity index (χ4v) is 3.91. The third kappa shape index (κ3) is 7.31. The van der Waals surface area contributed by atoms with Crippen LogP contribution in [0.1, 0.15) is 51.9 Å². The van der Waals surface area contributed by atoms with Crippen LogP contribution >= 0.6 is 11.6 Å². The van der Waals surface area contributed by atoms with Gasteiger partial charge in [-0.1, -0.05) is 11.6 Å². The number of halogens is 1. The summed E-state index contributed by atoms with van der Waals surface area (Å²) in [6.07, 6.45) is 0. The number of nitrogens with one attached hydrogen (secondary N) is 2. The Morgan fingerprint density at radius 3 is 2.15 bits per heavy atom. The van der Waals surface area contributed by atoms with Crippen molar-refractivity contribution in [2.75, 3.05) is 6.61 Å². The second kappa shape index (κ2) is 7.94. The van der Waals surface area contributed by atoms with Crippen molar-refractivity contribution in [3.05, 3.63) is 28.8 Å². The molecule has 0 aliphatic carbocycles. The van der Waals surface area contributed by atoms with Gasteiger partial charge in [-0.05, 0) is 59.7 Å². The summed E-state index contributed by atoms with van der Waals surface area (Å²) in [6.45, 7) is 9.97. The molecular weight excluding hydrogens is 380 g/mol. The summed E-state index contributed by atoms with van der Waals surface area (Å²) in [6, 6.07) is 3.76. The molecule has 1 aromatic rings. The molecule has 0 heterocycles. The minimum atomic E-state index is -3.93. The van der Waals surface area contributed by atoms with Crippen molar-refractivity contribution in [2.24, 2.45) is 0 Å². The molecule has 0 radical (unpaired) electrons. The van der Waals surface area contributed by atoms with Crippen molar-refractivity contribution in [3.8, 4) is 0 Å². The van der Waals surface area contributed by atoms with E-state index in [1.54, 1.807) is 41.5 Å². The van der Waals surface area contributed by atoms with Crippen LogP contribution in [0, 0.1) is 0 Å². The normalized spacial score (nSPS) is 12.6. The monoisotopic (exact) mass is 404 g/mol. The second-order valence-corrected chi connectivity index (χ2v) is 9.93. The molecule has 0 saturated carbocycles. The van der Waals surface area contributed by atoms with E-state index in [9.17, 15) is 18.0 Å². The molecule has 1 aromatic carbocycles. The lowest BCUT2D eigenvalue weighted by Crippen LogP contribution is -2.42. The number of benzene rings is 1. The average Bonchev–Trinajstić information content (AvgIpc) is 2.40. The van der Waals surface area contributed by atoms with Gasteiger partial charge < -0.3 is 10.1 Å². The average molecular weight is 405 g/mol. The van der Waals surface area contributed by atoms with Crippen LogP contribution < -0.4 is 10.0 Å². The van der Waals surface area contributed by atoms with E-state index in [4.69, 9.17) is 16.3 Å².